The maximum atomic E-state index is 13.7. The van der Waals surface area contributed by atoms with Crippen molar-refractivity contribution in [3.63, 3.8) is 0 Å². The smallest absolute Gasteiger partial charge is 0.239 e. The monoisotopic (exact) mass is 436 g/mol. The number of carbonyl (C=O) groups is 1. The number of benzene rings is 2. The van der Waals surface area contributed by atoms with Crippen LogP contribution in [-0.4, -0.2) is 80.3 Å². The van der Waals surface area contributed by atoms with E-state index in [2.05, 4.69) is 63.6 Å². The number of carbonyl (C=O) groups excluding carboxylic acids is 1. The van der Waals surface area contributed by atoms with E-state index in [-0.39, 0.29) is 23.9 Å². The average Bonchev–Trinajstić information content (AvgIpc) is 3.01. The number of hydrogen-bond donors (Lipinski definition) is 2. The lowest BCUT2D eigenvalue weighted by atomic mass is 9.90. The molecular formula is C26H36N4O2. The van der Waals surface area contributed by atoms with Gasteiger partial charge in [0.1, 0.15) is 0 Å². The normalized spacial score (nSPS) is 22.8. The van der Waals surface area contributed by atoms with Gasteiger partial charge in [-0.05, 0) is 24.0 Å². The number of amides is 1. The summed E-state index contributed by atoms with van der Waals surface area (Å²) < 4.78 is 5.46. The highest BCUT2D eigenvalue weighted by Gasteiger charge is 2.32. The summed E-state index contributed by atoms with van der Waals surface area (Å²) in [5.41, 5.74) is 8.51. The Bertz CT molecular complexity index is 787. The van der Waals surface area contributed by atoms with Crippen LogP contribution in [0.25, 0.3) is 0 Å². The average molecular weight is 437 g/mol. The topological polar surface area (TPSA) is 70.8 Å². The van der Waals surface area contributed by atoms with Gasteiger partial charge in [0.05, 0.1) is 19.3 Å². The minimum Gasteiger partial charge on any atom is -0.379 e. The zero-order valence-corrected chi connectivity index (χ0v) is 18.9. The zero-order chi connectivity index (χ0) is 22.2. The molecule has 3 N–H and O–H groups in total. The molecule has 0 aliphatic carbocycles. The van der Waals surface area contributed by atoms with Gasteiger partial charge < -0.3 is 20.7 Å². The number of nitrogens with one attached hydrogen (secondary N) is 1. The molecule has 6 heteroatoms. The second kappa shape index (κ2) is 11.6. The molecule has 0 aromatic heterocycles. The van der Waals surface area contributed by atoms with Crippen molar-refractivity contribution in [1.29, 1.82) is 0 Å². The summed E-state index contributed by atoms with van der Waals surface area (Å²) in [5, 5.41) is 3.56. The standard InChI is InChI=1S/C26H36N4O2/c27-19-23-11-14-30(26(31)25(28-23)12-13-29-15-17-32-18-16-29)20-24(21-7-3-1-4-8-21)22-9-5-2-6-10-22/h1-10,23-25,28H,11-20,27H2/t23-,25-/m0/s1. The first-order valence-corrected chi connectivity index (χ1v) is 11.9. The minimum atomic E-state index is -0.193. The van der Waals surface area contributed by atoms with E-state index >= 15 is 0 Å². The molecule has 0 unspecified atom stereocenters. The molecule has 4 rings (SSSR count). The molecule has 2 aromatic rings. The molecule has 172 valence electrons. The van der Waals surface area contributed by atoms with E-state index in [0.29, 0.717) is 13.1 Å². The van der Waals surface area contributed by atoms with Gasteiger partial charge in [-0.2, -0.15) is 0 Å². The molecule has 2 atom stereocenters. The van der Waals surface area contributed by atoms with Gasteiger partial charge in [-0.15, -0.1) is 0 Å². The first-order valence-electron chi connectivity index (χ1n) is 11.9. The van der Waals surface area contributed by atoms with Crippen LogP contribution in [-0.2, 0) is 9.53 Å². The Morgan fingerprint density at radius 2 is 1.59 bits per heavy atom. The quantitative estimate of drug-likeness (QED) is 0.663. The second-order valence-corrected chi connectivity index (χ2v) is 8.84. The van der Waals surface area contributed by atoms with Crippen LogP contribution < -0.4 is 11.1 Å². The number of nitrogens with two attached hydrogens (primary N) is 1. The fourth-order valence-electron chi connectivity index (χ4n) is 4.79. The summed E-state index contributed by atoms with van der Waals surface area (Å²) in [4.78, 5) is 18.1. The number of ether oxygens (including phenoxy) is 1. The van der Waals surface area contributed by atoms with Crippen LogP contribution in [0.2, 0.25) is 0 Å². The largest absolute Gasteiger partial charge is 0.379 e. The number of morpholine rings is 1. The molecule has 2 aromatic carbocycles. The maximum absolute atomic E-state index is 13.7. The molecule has 0 radical (unpaired) electrons. The molecule has 2 aliphatic rings. The van der Waals surface area contributed by atoms with Gasteiger partial charge in [0.2, 0.25) is 5.91 Å². The van der Waals surface area contributed by atoms with Crippen molar-refractivity contribution >= 4 is 5.91 Å². The molecular weight excluding hydrogens is 400 g/mol. The molecule has 1 amide bonds. The van der Waals surface area contributed by atoms with E-state index in [1.54, 1.807) is 0 Å². The van der Waals surface area contributed by atoms with Crippen LogP contribution in [0.15, 0.2) is 60.7 Å². The van der Waals surface area contributed by atoms with Crippen LogP contribution in [0.4, 0.5) is 0 Å². The van der Waals surface area contributed by atoms with Crippen molar-refractivity contribution in [2.75, 3.05) is 52.5 Å². The van der Waals surface area contributed by atoms with E-state index in [1.165, 1.54) is 11.1 Å². The Morgan fingerprint density at radius 1 is 0.969 bits per heavy atom. The zero-order valence-electron chi connectivity index (χ0n) is 18.9. The predicted molar refractivity (Wildman–Crippen MR) is 128 cm³/mol. The molecule has 0 saturated carbocycles. The van der Waals surface area contributed by atoms with E-state index in [4.69, 9.17) is 10.5 Å². The summed E-state index contributed by atoms with van der Waals surface area (Å²) >= 11 is 0. The lowest BCUT2D eigenvalue weighted by Gasteiger charge is -2.31. The summed E-state index contributed by atoms with van der Waals surface area (Å²) in [6, 6.07) is 21.0. The molecule has 0 bridgehead atoms. The summed E-state index contributed by atoms with van der Waals surface area (Å²) in [6.45, 7) is 6.30. The van der Waals surface area contributed by atoms with Gasteiger partial charge in [0.25, 0.3) is 0 Å². The fraction of sp³-hybridized carbons (Fsp3) is 0.500. The van der Waals surface area contributed by atoms with Crippen molar-refractivity contribution in [3.05, 3.63) is 71.8 Å². The molecule has 2 aliphatic heterocycles. The maximum Gasteiger partial charge on any atom is 0.239 e. The third-order valence-corrected chi connectivity index (χ3v) is 6.72. The molecule has 2 fully saturated rings. The molecule has 6 nitrogen and oxygen atoms in total. The Labute approximate surface area is 191 Å². The van der Waals surface area contributed by atoms with E-state index in [0.717, 1.165) is 52.2 Å². The number of hydrogen-bond acceptors (Lipinski definition) is 5. The third kappa shape index (κ3) is 5.95. The highest BCUT2D eigenvalue weighted by molar-refractivity contribution is 5.82. The Morgan fingerprint density at radius 3 is 2.19 bits per heavy atom. The van der Waals surface area contributed by atoms with Crippen LogP contribution in [0, 0.1) is 0 Å². The van der Waals surface area contributed by atoms with Crippen molar-refractivity contribution < 1.29 is 9.53 Å². The first kappa shape index (κ1) is 22.9. The SMILES string of the molecule is NC[C@@H]1CCN(CC(c2ccccc2)c2ccccc2)C(=O)[C@H](CCN2CCOCC2)N1. The van der Waals surface area contributed by atoms with Crippen molar-refractivity contribution in [2.45, 2.75) is 30.8 Å². The van der Waals surface area contributed by atoms with Crippen molar-refractivity contribution in [3.8, 4) is 0 Å². The van der Waals surface area contributed by atoms with Crippen LogP contribution in [0.1, 0.15) is 29.9 Å². The summed E-state index contributed by atoms with van der Waals surface area (Å²) in [5.74, 6) is 0.349. The third-order valence-electron chi connectivity index (χ3n) is 6.72. The Balaban J connectivity index is 1.51. The van der Waals surface area contributed by atoms with Crippen molar-refractivity contribution in [2.24, 2.45) is 5.73 Å². The lowest BCUT2D eigenvalue weighted by Crippen LogP contribution is -2.50. The van der Waals surface area contributed by atoms with E-state index < -0.39 is 0 Å². The van der Waals surface area contributed by atoms with Gasteiger partial charge in [-0.1, -0.05) is 60.7 Å². The number of nitrogens with zero attached hydrogens (tertiary/aromatic N) is 2. The van der Waals surface area contributed by atoms with Crippen molar-refractivity contribution in [1.82, 2.24) is 15.1 Å². The summed E-state index contributed by atoms with van der Waals surface area (Å²) in [7, 11) is 0. The first-order chi connectivity index (χ1) is 15.7. The fourth-order valence-corrected chi connectivity index (χ4v) is 4.79. The number of rotatable bonds is 8. The van der Waals surface area contributed by atoms with Gasteiger partial charge in [-0.25, -0.2) is 0 Å². The molecule has 32 heavy (non-hydrogen) atoms. The molecule has 0 spiro atoms. The summed E-state index contributed by atoms with van der Waals surface area (Å²) in [6.07, 6.45) is 1.68. The van der Waals surface area contributed by atoms with E-state index in [1.807, 2.05) is 12.1 Å². The Hall–Kier alpha value is -2.25. The van der Waals surface area contributed by atoms with Crippen LogP contribution in [0.3, 0.4) is 0 Å². The second-order valence-electron chi connectivity index (χ2n) is 8.84. The van der Waals surface area contributed by atoms with Gasteiger partial charge in [0, 0.05) is 51.2 Å². The highest BCUT2D eigenvalue weighted by Crippen LogP contribution is 2.27. The van der Waals surface area contributed by atoms with Gasteiger partial charge in [-0.3, -0.25) is 9.69 Å². The van der Waals surface area contributed by atoms with E-state index in [9.17, 15) is 4.79 Å². The minimum absolute atomic E-state index is 0.149. The van der Waals surface area contributed by atoms with Gasteiger partial charge >= 0.3 is 0 Å². The van der Waals surface area contributed by atoms with Crippen LogP contribution >= 0.6 is 0 Å². The highest BCUT2D eigenvalue weighted by atomic mass is 16.5. The molecule has 2 heterocycles. The molecule has 2 saturated heterocycles. The lowest BCUT2D eigenvalue weighted by molar-refractivity contribution is -0.133. The van der Waals surface area contributed by atoms with Crippen LogP contribution in [0.5, 0.6) is 0 Å². The predicted octanol–water partition coefficient (Wildman–Crippen LogP) is 2.06. The van der Waals surface area contributed by atoms with Gasteiger partial charge in [0.15, 0.2) is 0 Å². The Kier molecular flexibility index (Phi) is 8.29.